The molecule has 6 heteroatoms. The van der Waals surface area contributed by atoms with Crippen molar-refractivity contribution in [3.05, 3.63) is 64.8 Å². The van der Waals surface area contributed by atoms with Crippen molar-refractivity contribution in [3.63, 3.8) is 0 Å². The number of hydrogen-bond acceptors (Lipinski definition) is 3. The van der Waals surface area contributed by atoms with Crippen molar-refractivity contribution >= 4 is 23.2 Å². The van der Waals surface area contributed by atoms with E-state index >= 15 is 0 Å². The monoisotopic (exact) mass is 352 g/mol. The highest BCUT2D eigenvalue weighted by Crippen LogP contribution is 2.29. The number of pyridine rings is 1. The average Bonchev–Trinajstić information content (AvgIpc) is 2.94. The number of imidazole rings is 1. The van der Waals surface area contributed by atoms with Crippen LogP contribution in [-0.2, 0) is 13.5 Å². The number of halogens is 1. The van der Waals surface area contributed by atoms with Gasteiger partial charge in [-0.2, -0.15) is 0 Å². The van der Waals surface area contributed by atoms with E-state index in [2.05, 4.69) is 9.97 Å². The molecule has 1 aliphatic heterocycles. The summed E-state index contributed by atoms with van der Waals surface area (Å²) in [5, 5.41) is 0.662. The van der Waals surface area contributed by atoms with Gasteiger partial charge in [0.2, 0.25) is 0 Å². The molecule has 3 aromatic rings. The first kappa shape index (κ1) is 15.8. The third kappa shape index (κ3) is 2.70. The predicted octanol–water partition coefficient (Wildman–Crippen LogP) is 3.65. The van der Waals surface area contributed by atoms with Crippen molar-refractivity contribution in [2.45, 2.75) is 13.3 Å². The highest BCUT2D eigenvalue weighted by Gasteiger charge is 2.26. The number of benzene rings is 1. The summed E-state index contributed by atoms with van der Waals surface area (Å²) < 4.78 is 1.96. The Labute approximate surface area is 150 Å². The molecule has 0 fully saturated rings. The van der Waals surface area contributed by atoms with E-state index in [9.17, 15) is 4.79 Å². The fraction of sp³-hybridized carbons (Fsp3) is 0.211. The molecular formula is C19H17ClN4O. The van der Waals surface area contributed by atoms with E-state index in [1.54, 1.807) is 35.8 Å². The lowest BCUT2D eigenvalue weighted by Crippen LogP contribution is -2.37. The molecule has 0 N–H and O–H groups in total. The van der Waals surface area contributed by atoms with Gasteiger partial charge in [0.05, 0.1) is 29.6 Å². The Bertz CT molecular complexity index is 960. The number of aromatic nitrogens is 3. The summed E-state index contributed by atoms with van der Waals surface area (Å²) >= 11 is 6.04. The van der Waals surface area contributed by atoms with Gasteiger partial charge in [0, 0.05) is 35.9 Å². The third-order valence-corrected chi connectivity index (χ3v) is 4.81. The van der Waals surface area contributed by atoms with E-state index in [4.69, 9.17) is 11.6 Å². The van der Waals surface area contributed by atoms with Gasteiger partial charge in [-0.25, -0.2) is 4.98 Å². The van der Waals surface area contributed by atoms with Crippen LogP contribution in [0.25, 0.3) is 11.3 Å². The summed E-state index contributed by atoms with van der Waals surface area (Å²) in [6, 6.07) is 7.43. The lowest BCUT2D eigenvalue weighted by atomic mass is 9.98. The average molecular weight is 353 g/mol. The van der Waals surface area contributed by atoms with Gasteiger partial charge in [0.15, 0.2) is 0 Å². The van der Waals surface area contributed by atoms with Gasteiger partial charge >= 0.3 is 0 Å². The minimum atomic E-state index is -0.0152. The zero-order valence-corrected chi connectivity index (χ0v) is 14.8. The SMILES string of the molecule is Cc1ncn(C)c1-c1cncc(N2CCc3cc(Cl)ccc3C2=O)c1. The van der Waals surface area contributed by atoms with Crippen LogP contribution in [0, 0.1) is 6.92 Å². The van der Waals surface area contributed by atoms with Crippen LogP contribution in [-0.4, -0.2) is 27.0 Å². The molecule has 1 aliphatic rings. The van der Waals surface area contributed by atoms with Gasteiger partial charge < -0.3 is 9.47 Å². The Morgan fingerprint density at radius 3 is 2.80 bits per heavy atom. The van der Waals surface area contributed by atoms with E-state index in [-0.39, 0.29) is 5.91 Å². The summed E-state index contributed by atoms with van der Waals surface area (Å²) in [5.41, 5.74) is 5.39. The zero-order chi connectivity index (χ0) is 17.6. The van der Waals surface area contributed by atoms with Crippen molar-refractivity contribution < 1.29 is 4.79 Å². The van der Waals surface area contributed by atoms with Crippen LogP contribution in [0.1, 0.15) is 21.6 Å². The van der Waals surface area contributed by atoms with Gasteiger partial charge in [0.1, 0.15) is 0 Å². The lowest BCUT2D eigenvalue weighted by Gasteiger charge is -2.28. The normalized spacial score (nSPS) is 13.9. The summed E-state index contributed by atoms with van der Waals surface area (Å²) in [4.78, 5) is 23.4. The smallest absolute Gasteiger partial charge is 0.258 e. The maximum absolute atomic E-state index is 12.9. The summed E-state index contributed by atoms with van der Waals surface area (Å²) in [5.74, 6) is -0.0152. The number of aryl methyl sites for hydroxylation is 2. The third-order valence-electron chi connectivity index (χ3n) is 4.58. The molecule has 0 atom stereocenters. The molecule has 0 radical (unpaired) electrons. The van der Waals surface area contributed by atoms with Crippen LogP contribution in [0.15, 0.2) is 43.0 Å². The van der Waals surface area contributed by atoms with E-state index in [0.29, 0.717) is 17.1 Å². The molecule has 2 aromatic heterocycles. The van der Waals surface area contributed by atoms with Crippen LogP contribution < -0.4 is 4.90 Å². The number of amides is 1. The molecule has 0 saturated carbocycles. The predicted molar refractivity (Wildman–Crippen MR) is 98.0 cm³/mol. The number of anilines is 1. The van der Waals surface area contributed by atoms with Gasteiger partial charge in [0.25, 0.3) is 5.91 Å². The minimum Gasteiger partial charge on any atom is -0.333 e. The van der Waals surface area contributed by atoms with Crippen LogP contribution in [0.5, 0.6) is 0 Å². The molecule has 5 nitrogen and oxygen atoms in total. The number of nitrogens with zero attached hydrogens (tertiary/aromatic N) is 4. The first-order chi connectivity index (χ1) is 12.0. The van der Waals surface area contributed by atoms with E-state index in [0.717, 1.165) is 34.6 Å². The Morgan fingerprint density at radius 2 is 2.04 bits per heavy atom. The molecular weight excluding hydrogens is 336 g/mol. The summed E-state index contributed by atoms with van der Waals surface area (Å²) in [6.45, 7) is 2.58. The summed E-state index contributed by atoms with van der Waals surface area (Å²) in [7, 11) is 1.95. The Morgan fingerprint density at radius 1 is 1.20 bits per heavy atom. The fourth-order valence-corrected chi connectivity index (χ4v) is 3.56. The molecule has 0 aliphatic carbocycles. The summed E-state index contributed by atoms with van der Waals surface area (Å²) in [6.07, 6.45) is 6.09. The molecule has 0 spiro atoms. The standard InChI is InChI=1S/C19H17ClN4O/c1-12-18(23(2)11-22-12)14-8-16(10-21-9-14)24-6-5-13-7-15(20)3-4-17(13)19(24)25/h3-4,7-11H,5-6H2,1-2H3. The minimum absolute atomic E-state index is 0.0152. The van der Waals surface area contributed by atoms with Crippen molar-refractivity contribution in [1.29, 1.82) is 0 Å². The number of hydrogen-bond donors (Lipinski definition) is 0. The maximum atomic E-state index is 12.9. The molecule has 0 bridgehead atoms. The molecule has 4 rings (SSSR count). The van der Waals surface area contributed by atoms with Crippen LogP contribution in [0.4, 0.5) is 5.69 Å². The number of carbonyl (C=O) groups excluding carboxylic acids is 1. The second-order valence-corrected chi connectivity index (χ2v) is 6.67. The maximum Gasteiger partial charge on any atom is 0.258 e. The molecule has 0 unspecified atom stereocenters. The molecule has 1 aromatic carbocycles. The Kier molecular flexibility index (Phi) is 3.81. The highest BCUT2D eigenvalue weighted by molar-refractivity contribution is 6.30. The van der Waals surface area contributed by atoms with Gasteiger partial charge in [-0.15, -0.1) is 0 Å². The lowest BCUT2D eigenvalue weighted by molar-refractivity contribution is 0.0980. The van der Waals surface area contributed by atoms with Crippen molar-refractivity contribution in [1.82, 2.24) is 14.5 Å². The fourth-order valence-electron chi connectivity index (χ4n) is 3.37. The molecule has 1 amide bonds. The molecule has 3 heterocycles. The second kappa shape index (κ2) is 6.01. The molecule has 0 saturated heterocycles. The van der Waals surface area contributed by atoms with Crippen LogP contribution in [0.3, 0.4) is 0 Å². The van der Waals surface area contributed by atoms with Gasteiger partial charge in [-0.3, -0.25) is 9.78 Å². The van der Waals surface area contributed by atoms with Crippen LogP contribution in [0.2, 0.25) is 5.02 Å². The zero-order valence-electron chi connectivity index (χ0n) is 14.0. The Hall–Kier alpha value is -2.66. The highest BCUT2D eigenvalue weighted by atomic mass is 35.5. The number of fused-ring (bicyclic) bond motifs is 1. The topological polar surface area (TPSA) is 51.0 Å². The van der Waals surface area contributed by atoms with Crippen molar-refractivity contribution in [3.8, 4) is 11.3 Å². The second-order valence-electron chi connectivity index (χ2n) is 6.23. The van der Waals surface area contributed by atoms with E-state index in [1.165, 1.54) is 0 Å². The number of rotatable bonds is 2. The van der Waals surface area contributed by atoms with Crippen molar-refractivity contribution in [2.24, 2.45) is 7.05 Å². The molecule has 25 heavy (non-hydrogen) atoms. The van der Waals surface area contributed by atoms with E-state index < -0.39 is 0 Å². The van der Waals surface area contributed by atoms with Gasteiger partial charge in [-0.1, -0.05) is 11.6 Å². The van der Waals surface area contributed by atoms with E-state index in [1.807, 2.05) is 30.7 Å². The number of carbonyl (C=O) groups is 1. The van der Waals surface area contributed by atoms with Crippen LogP contribution >= 0.6 is 11.6 Å². The largest absolute Gasteiger partial charge is 0.333 e. The first-order valence-electron chi connectivity index (χ1n) is 8.08. The Balaban J connectivity index is 1.73. The van der Waals surface area contributed by atoms with Crippen molar-refractivity contribution in [2.75, 3.05) is 11.4 Å². The van der Waals surface area contributed by atoms with Gasteiger partial charge in [-0.05, 0) is 43.2 Å². The first-order valence-corrected chi connectivity index (χ1v) is 8.46. The quantitative estimate of drug-likeness (QED) is 0.707. The molecule has 126 valence electrons.